The van der Waals surface area contributed by atoms with Crippen LogP contribution in [0.15, 0.2) is 42.5 Å². The molecule has 0 aliphatic rings. The molecule has 0 saturated carbocycles. The molecule has 0 aromatic heterocycles. The molecule has 0 bridgehead atoms. The molecule has 0 radical (unpaired) electrons. The van der Waals surface area contributed by atoms with Crippen LogP contribution in [0.3, 0.4) is 0 Å². The average molecular weight is 381 g/mol. The smallest absolute Gasteiger partial charge is 0.251 e. The number of halogens is 1. The number of hydrogen-bond donors (Lipinski definition) is 1. The minimum Gasteiger partial charge on any atom is -0.350 e. The Morgan fingerprint density at radius 3 is 2.44 bits per heavy atom. The van der Waals surface area contributed by atoms with Crippen molar-refractivity contribution < 1.29 is 13.2 Å². The maximum atomic E-state index is 12.3. The molecule has 2 aromatic carbocycles. The summed E-state index contributed by atoms with van der Waals surface area (Å²) in [6.45, 7) is 3.98. The van der Waals surface area contributed by atoms with Gasteiger partial charge in [-0.15, -0.1) is 0 Å². The lowest BCUT2D eigenvalue weighted by molar-refractivity contribution is 0.0954. The first-order valence-corrected chi connectivity index (χ1v) is 10.0. The number of anilines is 1. The Balaban J connectivity index is 2.13. The van der Waals surface area contributed by atoms with Crippen molar-refractivity contribution in [1.29, 1.82) is 0 Å². The number of carbonyl (C=O) groups is 1. The zero-order valence-electron chi connectivity index (χ0n) is 14.4. The molecule has 2 aromatic rings. The number of nitrogens with zero attached hydrogens (tertiary/aromatic N) is 1. The summed E-state index contributed by atoms with van der Waals surface area (Å²) < 4.78 is 25.6. The second-order valence-electron chi connectivity index (χ2n) is 5.84. The summed E-state index contributed by atoms with van der Waals surface area (Å²) in [7, 11) is -3.50. The van der Waals surface area contributed by atoms with Gasteiger partial charge in [-0.2, -0.15) is 0 Å². The van der Waals surface area contributed by atoms with Crippen LogP contribution in [0.1, 0.15) is 21.5 Å². The van der Waals surface area contributed by atoms with Crippen LogP contribution in [0.5, 0.6) is 0 Å². The van der Waals surface area contributed by atoms with Crippen LogP contribution in [-0.2, 0) is 10.0 Å². The van der Waals surface area contributed by atoms with Crippen molar-refractivity contribution >= 4 is 33.2 Å². The van der Waals surface area contributed by atoms with Crippen molar-refractivity contribution in [2.45, 2.75) is 13.8 Å². The van der Waals surface area contributed by atoms with Crippen LogP contribution in [0, 0.1) is 13.8 Å². The van der Waals surface area contributed by atoms with E-state index in [4.69, 9.17) is 11.6 Å². The number of aryl methyl sites for hydroxylation is 2. The molecule has 0 aliphatic heterocycles. The summed E-state index contributed by atoms with van der Waals surface area (Å²) in [6, 6.07) is 12.3. The van der Waals surface area contributed by atoms with E-state index >= 15 is 0 Å². The summed E-state index contributed by atoms with van der Waals surface area (Å²) in [4.78, 5) is 12.3. The van der Waals surface area contributed by atoms with Crippen molar-refractivity contribution in [2.24, 2.45) is 0 Å². The molecular weight excluding hydrogens is 360 g/mol. The third kappa shape index (κ3) is 4.96. The molecule has 25 heavy (non-hydrogen) atoms. The number of rotatable bonds is 6. The average Bonchev–Trinajstić information content (AvgIpc) is 2.53. The number of carbonyl (C=O) groups excluding carboxylic acids is 1. The monoisotopic (exact) mass is 380 g/mol. The predicted molar refractivity (Wildman–Crippen MR) is 102 cm³/mol. The molecule has 1 amide bonds. The largest absolute Gasteiger partial charge is 0.350 e. The maximum absolute atomic E-state index is 12.3. The van der Waals surface area contributed by atoms with E-state index in [9.17, 15) is 13.2 Å². The van der Waals surface area contributed by atoms with Gasteiger partial charge in [-0.05, 0) is 43.2 Å². The lowest BCUT2D eigenvalue weighted by Crippen LogP contribution is -2.38. The second kappa shape index (κ2) is 7.89. The van der Waals surface area contributed by atoms with Crippen LogP contribution in [0.4, 0.5) is 5.69 Å². The first-order chi connectivity index (χ1) is 11.7. The van der Waals surface area contributed by atoms with Crippen molar-refractivity contribution in [3.8, 4) is 0 Å². The predicted octanol–water partition coefficient (Wildman–Crippen LogP) is 3.15. The van der Waals surface area contributed by atoms with Gasteiger partial charge >= 0.3 is 0 Å². The molecule has 5 nitrogen and oxygen atoms in total. The molecule has 0 unspecified atom stereocenters. The molecule has 0 heterocycles. The Morgan fingerprint density at radius 2 is 1.80 bits per heavy atom. The van der Waals surface area contributed by atoms with Gasteiger partial charge in [0, 0.05) is 17.1 Å². The minimum atomic E-state index is -3.50. The number of hydrogen-bond acceptors (Lipinski definition) is 3. The highest BCUT2D eigenvalue weighted by Crippen LogP contribution is 2.25. The molecule has 0 atom stereocenters. The summed E-state index contributed by atoms with van der Waals surface area (Å²) in [5.74, 6) is -0.227. The van der Waals surface area contributed by atoms with Crippen molar-refractivity contribution in [3.05, 3.63) is 64.2 Å². The van der Waals surface area contributed by atoms with Crippen LogP contribution >= 0.6 is 11.6 Å². The van der Waals surface area contributed by atoms with Crippen LogP contribution in [-0.4, -0.2) is 33.7 Å². The topological polar surface area (TPSA) is 66.5 Å². The number of nitrogens with one attached hydrogen (secondary N) is 1. The number of benzene rings is 2. The van der Waals surface area contributed by atoms with Crippen LogP contribution in [0.2, 0.25) is 5.02 Å². The molecule has 2 rings (SSSR count). The first-order valence-electron chi connectivity index (χ1n) is 7.78. The fourth-order valence-corrected chi connectivity index (χ4v) is 3.65. The van der Waals surface area contributed by atoms with E-state index in [0.29, 0.717) is 16.3 Å². The van der Waals surface area contributed by atoms with Crippen molar-refractivity contribution in [1.82, 2.24) is 5.32 Å². The molecule has 0 saturated heterocycles. The van der Waals surface area contributed by atoms with E-state index in [0.717, 1.165) is 17.4 Å². The Hall–Kier alpha value is -2.05. The standard InChI is InChI=1S/C18H21ClN2O3S/c1-13-6-4-5-7-16(13)18(22)20-10-11-21(25(3,23)24)17-12-15(19)9-8-14(17)2/h4-9,12H,10-11H2,1-3H3,(H,20,22). The zero-order chi connectivity index (χ0) is 18.6. The zero-order valence-corrected chi connectivity index (χ0v) is 16.0. The number of sulfonamides is 1. The first kappa shape index (κ1) is 19.3. The molecule has 134 valence electrons. The summed E-state index contributed by atoms with van der Waals surface area (Å²) in [6.07, 6.45) is 1.14. The Labute approximate surface area is 153 Å². The highest BCUT2D eigenvalue weighted by molar-refractivity contribution is 7.92. The normalized spacial score (nSPS) is 11.2. The summed E-state index contributed by atoms with van der Waals surface area (Å²) in [5, 5.41) is 3.22. The molecule has 0 aliphatic carbocycles. The Bertz CT molecular complexity index is 882. The van der Waals surface area contributed by atoms with E-state index in [1.165, 1.54) is 4.31 Å². The van der Waals surface area contributed by atoms with Gasteiger partial charge in [0.2, 0.25) is 10.0 Å². The van der Waals surface area contributed by atoms with Crippen molar-refractivity contribution in [3.63, 3.8) is 0 Å². The van der Waals surface area contributed by atoms with E-state index in [2.05, 4.69) is 5.32 Å². The fraction of sp³-hybridized carbons (Fsp3) is 0.278. The highest BCUT2D eigenvalue weighted by atomic mass is 35.5. The van der Waals surface area contributed by atoms with Crippen LogP contribution < -0.4 is 9.62 Å². The Kier molecular flexibility index (Phi) is 6.08. The lowest BCUT2D eigenvalue weighted by atomic mass is 10.1. The molecule has 1 N–H and O–H groups in total. The molecule has 7 heteroatoms. The quantitative estimate of drug-likeness (QED) is 0.837. The third-order valence-electron chi connectivity index (χ3n) is 3.83. The van der Waals surface area contributed by atoms with Crippen molar-refractivity contribution in [2.75, 3.05) is 23.7 Å². The minimum absolute atomic E-state index is 0.123. The Morgan fingerprint density at radius 1 is 1.12 bits per heavy atom. The van der Waals surface area contributed by atoms with E-state index < -0.39 is 10.0 Å². The van der Waals surface area contributed by atoms with Gasteiger partial charge in [0.25, 0.3) is 5.91 Å². The molecular formula is C18H21ClN2O3S. The van der Waals surface area contributed by atoms with Crippen LogP contribution in [0.25, 0.3) is 0 Å². The van der Waals surface area contributed by atoms with Gasteiger partial charge in [0.15, 0.2) is 0 Å². The third-order valence-corrected chi connectivity index (χ3v) is 5.25. The molecule has 0 fully saturated rings. The van der Waals surface area contributed by atoms with Gasteiger partial charge in [-0.1, -0.05) is 35.9 Å². The fourth-order valence-electron chi connectivity index (χ4n) is 2.51. The van der Waals surface area contributed by atoms with Gasteiger partial charge in [0.1, 0.15) is 0 Å². The van der Waals surface area contributed by atoms with Gasteiger partial charge in [-0.25, -0.2) is 8.42 Å². The van der Waals surface area contributed by atoms with Gasteiger partial charge in [0.05, 0.1) is 18.5 Å². The SMILES string of the molecule is Cc1ccccc1C(=O)NCCN(c1cc(Cl)ccc1C)S(C)(=O)=O. The highest BCUT2D eigenvalue weighted by Gasteiger charge is 2.20. The van der Waals surface area contributed by atoms with Gasteiger partial charge in [-0.3, -0.25) is 9.10 Å². The molecule has 0 spiro atoms. The summed E-state index contributed by atoms with van der Waals surface area (Å²) >= 11 is 6.00. The maximum Gasteiger partial charge on any atom is 0.251 e. The number of amides is 1. The lowest BCUT2D eigenvalue weighted by Gasteiger charge is -2.24. The van der Waals surface area contributed by atoms with Gasteiger partial charge < -0.3 is 5.32 Å². The van der Waals surface area contributed by atoms with E-state index in [1.807, 2.05) is 26.0 Å². The van der Waals surface area contributed by atoms with E-state index in [1.54, 1.807) is 30.3 Å². The second-order valence-corrected chi connectivity index (χ2v) is 8.18. The van der Waals surface area contributed by atoms with E-state index in [-0.39, 0.29) is 19.0 Å². The summed E-state index contributed by atoms with van der Waals surface area (Å²) in [5.41, 5.74) is 2.75.